The number of aromatic nitrogens is 1. The lowest BCUT2D eigenvalue weighted by molar-refractivity contribution is 0.410. The maximum absolute atomic E-state index is 5.96. The highest BCUT2D eigenvalue weighted by Crippen LogP contribution is 2.21. The van der Waals surface area contributed by atoms with Crippen LogP contribution >= 0.6 is 11.6 Å². The van der Waals surface area contributed by atoms with Crippen LogP contribution < -0.4 is 10.1 Å². The second-order valence-corrected chi connectivity index (χ2v) is 3.87. The van der Waals surface area contributed by atoms with E-state index in [1.807, 2.05) is 36.4 Å². The van der Waals surface area contributed by atoms with E-state index in [0.29, 0.717) is 11.7 Å². The SMILES string of the molecule is COc1ccccc1CNc1cccnc1Cl. The van der Waals surface area contributed by atoms with Crippen LogP contribution in [-0.4, -0.2) is 12.1 Å². The molecular formula is C13H13ClN2O. The first-order chi connectivity index (χ1) is 8.31. The molecule has 0 aliphatic heterocycles. The number of rotatable bonds is 4. The molecule has 1 heterocycles. The molecule has 1 aromatic heterocycles. The number of anilines is 1. The first kappa shape index (κ1) is 11.7. The number of pyridine rings is 1. The molecule has 0 fully saturated rings. The van der Waals surface area contributed by atoms with E-state index in [-0.39, 0.29) is 0 Å². The fraction of sp³-hybridized carbons (Fsp3) is 0.154. The number of methoxy groups -OCH3 is 1. The van der Waals surface area contributed by atoms with Gasteiger partial charge in [-0.1, -0.05) is 29.8 Å². The molecule has 0 aliphatic rings. The average molecular weight is 249 g/mol. The van der Waals surface area contributed by atoms with Crippen LogP contribution in [0.5, 0.6) is 5.75 Å². The van der Waals surface area contributed by atoms with Crippen molar-refractivity contribution < 1.29 is 4.74 Å². The molecule has 88 valence electrons. The van der Waals surface area contributed by atoms with Crippen molar-refractivity contribution in [3.8, 4) is 5.75 Å². The highest BCUT2D eigenvalue weighted by atomic mass is 35.5. The first-order valence-corrected chi connectivity index (χ1v) is 5.65. The van der Waals surface area contributed by atoms with Crippen LogP contribution in [0.25, 0.3) is 0 Å². The Hall–Kier alpha value is -1.74. The van der Waals surface area contributed by atoms with Crippen LogP contribution in [0.3, 0.4) is 0 Å². The van der Waals surface area contributed by atoms with Crippen molar-refractivity contribution in [3.05, 3.63) is 53.3 Å². The molecule has 1 N–H and O–H groups in total. The summed E-state index contributed by atoms with van der Waals surface area (Å²) in [4.78, 5) is 4.01. The zero-order valence-corrected chi connectivity index (χ0v) is 10.2. The summed E-state index contributed by atoms with van der Waals surface area (Å²) >= 11 is 5.96. The van der Waals surface area contributed by atoms with E-state index in [1.165, 1.54) is 0 Å². The van der Waals surface area contributed by atoms with Crippen molar-refractivity contribution in [3.63, 3.8) is 0 Å². The van der Waals surface area contributed by atoms with E-state index in [4.69, 9.17) is 16.3 Å². The third-order valence-electron chi connectivity index (χ3n) is 2.42. The van der Waals surface area contributed by atoms with E-state index in [9.17, 15) is 0 Å². The van der Waals surface area contributed by atoms with Gasteiger partial charge in [0.2, 0.25) is 0 Å². The number of ether oxygens (including phenoxy) is 1. The van der Waals surface area contributed by atoms with Gasteiger partial charge in [-0.15, -0.1) is 0 Å². The number of hydrogen-bond donors (Lipinski definition) is 1. The number of nitrogens with zero attached hydrogens (tertiary/aromatic N) is 1. The van der Waals surface area contributed by atoms with Gasteiger partial charge in [0.15, 0.2) is 5.15 Å². The Morgan fingerprint density at radius 3 is 2.82 bits per heavy atom. The van der Waals surface area contributed by atoms with E-state index in [2.05, 4.69) is 10.3 Å². The maximum Gasteiger partial charge on any atom is 0.152 e. The summed E-state index contributed by atoms with van der Waals surface area (Å²) in [5.41, 5.74) is 1.90. The molecule has 2 rings (SSSR count). The van der Waals surface area contributed by atoms with Gasteiger partial charge in [0, 0.05) is 18.3 Å². The lowest BCUT2D eigenvalue weighted by atomic mass is 10.2. The molecule has 0 unspecified atom stereocenters. The van der Waals surface area contributed by atoms with Gasteiger partial charge in [-0.2, -0.15) is 0 Å². The third kappa shape index (κ3) is 2.88. The van der Waals surface area contributed by atoms with Crippen LogP contribution in [0.1, 0.15) is 5.56 Å². The number of hydrogen-bond acceptors (Lipinski definition) is 3. The fourth-order valence-corrected chi connectivity index (χ4v) is 1.74. The van der Waals surface area contributed by atoms with E-state index >= 15 is 0 Å². The molecule has 0 atom stereocenters. The Balaban J connectivity index is 2.10. The molecule has 0 saturated heterocycles. The third-order valence-corrected chi connectivity index (χ3v) is 2.72. The van der Waals surface area contributed by atoms with Crippen molar-refractivity contribution in [2.75, 3.05) is 12.4 Å². The van der Waals surface area contributed by atoms with Crippen LogP contribution in [0, 0.1) is 0 Å². The largest absolute Gasteiger partial charge is 0.496 e. The van der Waals surface area contributed by atoms with Gasteiger partial charge in [-0.25, -0.2) is 4.98 Å². The van der Waals surface area contributed by atoms with Crippen molar-refractivity contribution in [1.29, 1.82) is 0 Å². The smallest absolute Gasteiger partial charge is 0.152 e. The van der Waals surface area contributed by atoms with Gasteiger partial charge in [-0.3, -0.25) is 0 Å². The molecule has 0 saturated carbocycles. The standard InChI is InChI=1S/C13H13ClN2O/c1-17-12-7-3-2-5-10(12)9-16-11-6-4-8-15-13(11)14/h2-8,16H,9H2,1H3. The van der Waals surface area contributed by atoms with Crippen molar-refractivity contribution >= 4 is 17.3 Å². The monoisotopic (exact) mass is 248 g/mol. The zero-order chi connectivity index (χ0) is 12.1. The lowest BCUT2D eigenvalue weighted by Gasteiger charge is -2.10. The Morgan fingerprint density at radius 1 is 1.24 bits per heavy atom. The Bertz CT molecular complexity index is 502. The molecular weight excluding hydrogens is 236 g/mol. The molecule has 0 radical (unpaired) electrons. The minimum Gasteiger partial charge on any atom is -0.496 e. The normalized spacial score (nSPS) is 10.0. The van der Waals surface area contributed by atoms with Gasteiger partial charge in [0.05, 0.1) is 12.8 Å². The molecule has 1 aromatic carbocycles. The van der Waals surface area contributed by atoms with Crippen molar-refractivity contribution in [1.82, 2.24) is 4.98 Å². The summed E-state index contributed by atoms with van der Waals surface area (Å²) in [6.07, 6.45) is 1.66. The molecule has 4 heteroatoms. The number of nitrogens with one attached hydrogen (secondary N) is 1. The highest BCUT2D eigenvalue weighted by molar-refractivity contribution is 6.31. The van der Waals surface area contributed by atoms with Gasteiger partial charge in [0.25, 0.3) is 0 Å². The highest BCUT2D eigenvalue weighted by Gasteiger charge is 2.03. The number of halogens is 1. The molecule has 3 nitrogen and oxygen atoms in total. The van der Waals surface area contributed by atoms with Crippen molar-refractivity contribution in [2.45, 2.75) is 6.54 Å². The van der Waals surface area contributed by atoms with Crippen LogP contribution in [0.2, 0.25) is 5.15 Å². The van der Waals surface area contributed by atoms with Gasteiger partial charge >= 0.3 is 0 Å². The molecule has 2 aromatic rings. The maximum atomic E-state index is 5.96. The lowest BCUT2D eigenvalue weighted by Crippen LogP contribution is -2.02. The minimum atomic E-state index is 0.474. The molecule has 17 heavy (non-hydrogen) atoms. The fourth-order valence-electron chi connectivity index (χ4n) is 1.56. The summed E-state index contributed by atoms with van der Waals surface area (Å²) in [5, 5.41) is 3.70. The number of para-hydroxylation sites is 1. The predicted octanol–water partition coefficient (Wildman–Crippen LogP) is 3.36. The van der Waals surface area contributed by atoms with Gasteiger partial charge in [-0.05, 0) is 18.2 Å². The van der Waals surface area contributed by atoms with Crippen LogP contribution in [0.15, 0.2) is 42.6 Å². The molecule has 0 spiro atoms. The topological polar surface area (TPSA) is 34.1 Å². The first-order valence-electron chi connectivity index (χ1n) is 5.27. The molecule has 0 aliphatic carbocycles. The van der Waals surface area contributed by atoms with Crippen molar-refractivity contribution in [2.24, 2.45) is 0 Å². The average Bonchev–Trinajstić information content (AvgIpc) is 2.38. The van der Waals surface area contributed by atoms with Crippen LogP contribution in [0.4, 0.5) is 5.69 Å². The quantitative estimate of drug-likeness (QED) is 0.843. The predicted molar refractivity (Wildman–Crippen MR) is 69.6 cm³/mol. The summed E-state index contributed by atoms with van der Waals surface area (Å²) in [5.74, 6) is 0.861. The van der Waals surface area contributed by atoms with E-state index in [1.54, 1.807) is 13.3 Å². The Morgan fingerprint density at radius 2 is 2.06 bits per heavy atom. The van der Waals surface area contributed by atoms with Gasteiger partial charge < -0.3 is 10.1 Å². The Labute approximate surface area is 105 Å². The number of benzene rings is 1. The summed E-state index contributed by atoms with van der Waals surface area (Å²) in [7, 11) is 1.66. The summed E-state index contributed by atoms with van der Waals surface area (Å²) < 4.78 is 5.28. The second-order valence-electron chi connectivity index (χ2n) is 3.51. The second kappa shape index (κ2) is 5.55. The summed E-state index contributed by atoms with van der Waals surface area (Å²) in [6, 6.07) is 11.6. The minimum absolute atomic E-state index is 0.474. The molecule has 0 amide bonds. The van der Waals surface area contributed by atoms with Crippen LogP contribution in [-0.2, 0) is 6.54 Å². The zero-order valence-electron chi connectivity index (χ0n) is 9.48. The summed E-state index contributed by atoms with van der Waals surface area (Å²) in [6.45, 7) is 0.648. The van der Waals surface area contributed by atoms with E-state index < -0.39 is 0 Å². The van der Waals surface area contributed by atoms with Gasteiger partial charge in [0.1, 0.15) is 5.75 Å². The molecule has 0 bridgehead atoms. The van der Waals surface area contributed by atoms with E-state index in [0.717, 1.165) is 17.0 Å². The Kier molecular flexibility index (Phi) is 3.83.